The highest BCUT2D eigenvalue weighted by Gasteiger charge is 2.20. The van der Waals surface area contributed by atoms with Crippen molar-refractivity contribution in [3.05, 3.63) is 0 Å². The maximum Gasteiger partial charge on any atom is 0.320 e. The first-order chi connectivity index (χ1) is 5.49. The molecule has 0 saturated heterocycles. The lowest BCUT2D eigenvalue weighted by Crippen LogP contribution is -2.33. The monoisotopic (exact) mass is 175 g/mol. The molecular weight excluding hydrogens is 162 g/mol. The van der Waals surface area contributed by atoms with Gasteiger partial charge in [-0.15, -0.1) is 0 Å². The van der Waals surface area contributed by atoms with E-state index in [1.807, 2.05) is 0 Å². The van der Waals surface area contributed by atoms with E-state index in [2.05, 4.69) is 4.74 Å². The number of nitrogens with two attached hydrogens (primary N) is 1. The van der Waals surface area contributed by atoms with Gasteiger partial charge in [0.05, 0.1) is 13.0 Å². The maximum absolute atomic E-state index is 10.8. The van der Waals surface area contributed by atoms with Crippen LogP contribution in [0.1, 0.15) is 13.3 Å². The standard InChI is InChI=1S/C7H13NO4/c1-4(7(11)12-2)3-5(8)6(9)10/h4-5H,3,8H2,1-2H3,(H,9,10)/t4?,5-/m1/s1. The normalized spacial score (nSPS) is 14.9. The average molecular weight is 175 g/mol. The first-order valence-corrected chi connectivity index (χ1v) is 3.55. The van der Waals surface area contributed by atoms with Crippen LogP contribution in [0.4, 0.5) is 0 Å². The highest BCUT2D eigenvalue weighted by molar-refractivity contribution is 5.76. The van der Waals surface area contributed by atoms with Crippen molar-refractivity contribution in [2.75, 3.05) is 7.11 Å². The third-order valence-corrected chi connectivity index (χ3v) is 1.53. The van der Waals surface area contributed by atoms with E-state index in [0.29, 0.717) is 0 Å². The Morgan fingerprint density at radius 2 is 2.08 bits per heavy atom. The van der Waals surface area contributed by atoms with E-state index in [1.165, 1.54) is 7.11 Å². The number of hydrogen-bond acceptors (Lipinski definition) is 4. The molecular formula is C7H13NO4. The fraction of sp³-hybridized carbons (Fsp3) is 0.714. The fourth-order valence-corrected chi connectivity index (χ4v) is 0.779. The van der Waals surface area contributed by atoms with E-state index in [1.54, 1.807) is 6.92 Å². The molecule has 5 nitrogen and oxygen atoms in total. The van der Waals surface area contributed by atoms with Crippen LogP contribution in [0.5, 0.6) is 0 Å². The Morgan fingerprint density at radius 1 is 1.58 bits per heavy atom. The first-order valence-electron chi connectivity index (χ1n) is 3.55. The highest BCUT2D eigenvalue weighted by Crippen LogP contribution is 2.06. The molecule has 0 rings (SSSR count). The summed E-state index contributed by atoms with van der Waals surface area (Å²) in [5.74, 6) is -2.02. The van der Waals surface area contributed by atoms with E-state index in [4.69, 9.17) is 10.8 Å². The van der Waals surface area contributed by atoms with Crippen molar-refractivity contribution in [3.8, 4) is 0 Å². The van der Waals surface area contributed by atoms with Crippen molar-refractivity contribution in [3.63, 3.8) is 0 Å². The number of carboxylic acid groups (broad SMARTS) is 1. The Balaban J connectivity index is 3.91. The van der Waals surface area contributed by atoms with Gasteiger partial charge in [-0.3, -0.25) is 9.59 Å². The van der Waals surface area contributed by atoms with Gasteiger partial charge in [0.1, 0.15) is 6.04 Å². The number of methoxy groups -OCH3 is 1. The summed E-state index contributed by atoms with van der Waals surface area (Å²) in [7, 11) is 1.26. The Morgan fingerprint density at radius 3 is 2.42 bits per heavy atom. The zero-order valence-corrected chi connectivity index (χ0v) is 7.11. The molecule has 0 heterocycles. The minimum absolute atomic E-state index is 0.0992. The second-order valence-electron chi connectivity index (χ2n) is 2.60. The lowest BCUT2D eigenvalue weighted by atomic mass is 10.0. The largest absolute Gasteiger partial charge is 0.480 e. The van der Waals surface area contributed by atoms with Crippen LogP contribution >= 0.6 is 0 Å². The number of ether oxygens (including phenoxy) is 1. The van der Waals surface area contributed by atoms with Gasteiger partial charge in [0, 0.05) is 0 Å². The molecule has 0 spiro atoms. The molecule has 0 aliphatic rings. The van der Waals surface area contributed by atoms with Crippen LogP contribution in [0.3, 0.4) is 0 Å². The Bertz CT molecular complexity index is 180. The molecule has 0 aromatic carbocycles. The number of hydrogen-bond donors (Lipinski definition) is 2. The summed E-state index contributed by atoms with van der Waals surface area (Å²) >= 11 is 0. The number of carbonyl (C=O) groups is 2. The molecule has 0 aliphatic carbocycles. The van der Waals surface area contributed by atoms with Crippen molar-refractivity contribution in [2.45, 2.75) is 19.4 Å². The minimum atomic E-state index is -1.11. The van der Waals surface area contributed by atoms with Crippen molar-refractivity contribution in [1.29, 1.82) is 0 Å². The van der Waals surface area contributed by atoms with Crippen molar-refractivity contribution in [2.24, 2.45) is 11.7 Å². The zero-order valence-electron chi connectivity index (χ0n) is 7.11. The Labute approximate surface area is 70.5 Å². The summed E-state index contributed by atoms with van der Waals surface area (Å²) < 4.78 is 4.41. The third-order valence-electron chi connectivity index (χ3n) is 1.53. The molecule has 5 heteroatoms. The molecule has 0 aliphatic heterocycles. The molecule has 0 bridgehead atoms. The summed E-state index contributed by atoms with van der Waals surface area (Å²) in [5, 5.41) is 8.41. The molecule has 12 heavy (non-hydrogen) atoms. The van der Waals surface area contributed by atoms with Crippen molar-refractivity contribution < 1.29 is 19.4 Å². The van der Waals surface area contributed by atoms with Gasteiger partial charge in [0.15, 0.2) is 0 Å². The SMILES string of the molecule is COC(=O)C(C)C[C@@H](N)C(=O)O. The summed E-state index contributed by atoms with van der Waals surface area (Å²) in [5.41, 5.74) is 5.20. The summed E-state index contributed by atoms with van der Waals surface area (Å²) in [6.45, 7) is 1.58. The number of carbonyl (C=O) groups excluding carboxylic acids is 1. The second-order valence-corrected chi connectivity index (χ2v) is 2.60. The van der Waals surface area contributed by atoms with Gasteiger partial charge in [0.25, 0.3) is 0 Å². The van der Waals surface area contributed by atoms with Crippen LogP contribution in [0.15, 0.2) is 0 Å². The third kappa shape index (κ3) is 3.34. The van der Waals surface area contributed by atoms with E-state index in [0.717, 1.165) is 0 Å². The predicted octanol–water partition coefficient (Wildman–Crippen LogP) is -0.402. The first kappa shape index (κ1) is 10.9. The maximum atomic E-state index is 10.8. The van der Waals surface area contributed by atoms with Crippen LogP contribution < -0.4 is 5.73 Å². The molecule has 3 N–H and O–H groups in total. The fourth-order valence-electron chi connectivity index (χ4n) is 0.779. The van der Waals surface area contributed by atoms with E-state index >= 15 is 0 Å². The van der Waals surface area contributed by atoms with Gasteiger partial charge in [-0.25, -0.2) is 0 Å². The van der Waals surface area contributed by atoms with E-state index in [-0.39, 0.29) is 6.42 Å². The quantitative estimate of drug-likeness (QED) is 0.567. The highest BCUT2D eigenvalue weighted by atomic mass is 16.5. The predicted molar refractivity (Wildman–Crippen MR) is 41.4 cm³/mol. The van der Waals surface area contributed by atoms with Gasteiger partial charge in [-0.05, 0) is 6.42 Å². The molecule has 1 unspecified atom stereocenters. The molecule has 0 radical (unpaired) electrons. The Hall–Kier alpha value is -1.10. The minimum Gasteiger partial charge on any atom is -0.480 e. The molecule has 0 fully saturated rings. The van der Waals surface area contributed by atoms with Crippen LogP contribution in [-0.4, -0.2) is 30.2 Å². The number of aliphatic carboxylic acids is 1. The van der Waals surface area contributed by atoms with Crippen LogP contribution in [0, 0.1) is 5.92 Å². The molecule has 70 valence electrons. The van der Waals surface area contributed by atoms with E-state index < -0.39 is 23.9 Å². The second kappa shape index (κ2) is 4.71. The van der Waals surface area contributed by atoms with Gasteiger partial charge >= 0.3 is 11.9 Å². The lowest BCUT2D eigenvalue weighted by Gasteiger charge is -2.11. The van der Waals surface area contributed by atoms with Gasteiger partial charge in [0.2, 0.25) is 0 Å². The molecule has 0 aromatic rings. The lowest BCUT2D eigenvalue weighted by molar-refractivity contribution is -0.146. The summed E-state index contributed by atoms with van der Waals surface area (Å²) in [6.07, 6.45) is 0.0992. The topological polar surface area (TPSA) is 89.6 Å². The molecule has 0 aromatic heterocycles. The van der Waals surface area contributed by atoms with Crippen molar-refractivity contribution in [1.82, 2.24) is 0 Å². The van der Waals surface area contributed by atoms with Crippen molar-refractivity contribution >= 4 is 11.9 Å². The number of esters is 1. The van der Waals surface area contributed by atoms with Crippen LogP contribution in [0.25, 0.3) is 0 Å². The molecule has 2 atom stereocenters. The van der Waals surface area contributed by atoms with Gasteiger partial charge < -0.3 is 15.6 Å². The number of rotatable bonds is 4. The van der Waals surface area contributed by atoms with Crippen LogP contribution in [-0.2, 0) is 14.3 Å². The molecule has 0 saturated carbocycles. The van der Waals surface area contributed by atoms with Crippen LogP contribution in [0.2, 0.25) is 0 Å². The smallest absolute Gasteiger partial charge is 0.320 e. The zero-order chi connectivity index (χ0) is 9.72. The summed E-state index contributed by atoms with van der Waals surface area (Å²) in [6, 6.07) is -1.00. The van der Waals surface area contributed by atoms with E-state index in [9.17, 15) is 9.59 Å². The Kier molecular flexibility index (Phi) is 4.28. The molecule has 0 amide bonds. The number of carboxylic acids is 1. The van der Waals surface area contributed by atoms with Gasteiger partial charge in [-0.1, -0.05) is 6.92 Å². The summed E-state index contributed by atoms with van der Waals surface area (Å²) in [4.78, 5) is 21.1. The van der Waals surface area contributed by atoms with Gasteiger partial charge in [-0.2, -0.15) is 0 Å². The average Bonchev–Trinajstić information content (AvgIpc) is 2.02.